The third kappa shape index (κ3) is 5.42. The molecule has 11 rings (SSSR count). The second kappa shape index (κ2) is 12.8. The van der Waals surface area contributed by atoms with Gasteiger partial charge in [0.25, 0.3) is 0 Å². The number of thiophene rings is 1. The number of rotatable bonds is 6. The molecule has 4 nitrogen and oxygen atoms in total. The number of hydrogen-bond acceptors (Lipinski definition) is 5. The van der Waals surface area contributed by atoms with Crippen molar-refractivity contribution in [3.8, 4) is 28.0 Å². The Morgan fingerprint density at radius 2 is 1.11 bits per heavy atom. The van der Waals surface area contributed by atoms with Crippen molar-refractivity contribution in [2.45, 2.75) is 0 Å². The molecule has 0 N–H and O–H groups in total. The predicted octanol–water partition coefficient (Wildman–Crippen LogP) is 14.5. The molecule has 1 aliphatic rings. The minimum atomic E-state index is 0.590. The van der Waals surface area contributed by atoms with Gasteiger partial charge in [0, 0.05) is 54.1 Å². The Labute approximate surface area is 321 Å². The largest absolute Gasteiger partial charge is 0.456 e. The highest BCUT2D eigenvalue weighted by Gasteiger charge is 2.22. The number of anilines is 3. The molecule has 8 aromatic carbocycles. The lowest BCUT2D eigenvalue weighted by molar-refractivity contribution is 0.524. The molecule has 0 saturated heterocycles. The van der Waals surface area contributed by atoms with Crippen LogP contribution in [0.5, 0.6) is 5.75 Å². The number of hydrogen-bond donors (Lipinski definition) is 0. The Balaban J connectivity index is 1.00. The molecule has 0 radical (unpaired) electrons. The molecule has 55 heavy (non-hydrogen) atoms. The van der Waals surface area contributed by atoms with E-state index >= 15 is 0 Å². The number of furan rings is 1. The second-order valence-electron chi connectivity index (χ2n) is 13.7. The van der Waals surface area contributed by atoms with Crippen LogP contribution in [0.25, 0.3) is 70.1 Å². The molecule has 2 aromatic heterocycles. The van der Waals surface area contributed by atoms with Crippen molar-refractivity contribution in [1.82, 2.24) is 0 Å². The minimum Gasteiger partial charge on any atom is -0.456 e. The molecule has 0 aliphatic carbocycles. The van der Waals surface area contributed by atoms with Gasteiger partial charge in [-0.25, -0.2) is 0 Å². The number of aliphatic imine (C=N–C) groups is 1. The zero-order valence-electron chi connectivity index (χ0n) is 29.4. The lowest BCUT2D eigenvalue weighted by Crippen LogP contribution is -2.09. The van der Waals surface area contributed by atoms with E-state index in [1.54, 1.807) is 0 Å². The van der Waals surface area contributed by atoms with E-state index in [0.29, 0.717) is 11.5 Å². The molecule has 0 amide bonds. The van der Waals surface area contributed by atoms with Crippen LogP contribution in [0.15, 0.2) is 191 Å². The third-order valence-corrected chi connectivity index (χ3v) is 11.5. The van der Waals surface area contributed by atoms with Crippen molar-refractivity contribution < 1.29 is 9.15 Å². The topological polar surface area (TPSA) is 38.0 Å². The average Bonchev–Trinajstić information content (AvgIpc) is 3.82. The zero-order chi connectivity index (χ0) is 36.3. The lowest BCUT2D eigenvalue weighted by Gasteiger charge is -2.26. The normalized spacial score (nSPS) is 12.3. The monoisotopic (exact) mass is 722 g/mol. The molecule has 0 bridgehead atoms. The maximum Gasteiger partial charge on any atom is 0.195 e. The molecule has 3 heterocycles. The van der Waals surface area contributed by atoms with Crippen molar-refractivity contribution in [3.63, 3.8) is 0 Å². The molecule has 5 heteroatoms. The summed E-state index contributed by atoms with van der Waals surface area (Å²) in [5.41, 5.74) is 11.0. The summed E-state index contributed by atoms with van der Waals surface area (Å²) in [6.45, 7) is 0. The van der Waals surface area contributed by atoms with Crippen LogP contribution in [0.4, 0.5) is 22.7 Å². The van der Waals surface area contributed by atoms with Crippen LogP contribution in [-0.2, 0) is 0 Å². The van der Waals surface area contributed by atoms with E-state index in [4.69, 9.17) is 9.15 Å². The molecule has 1 aliphatic heterocycles. The fourth-order valence-electron chi connectivity index (χ4n) is 7.71. The Morgan fingerprint density at radius 3 is 1.96 bits per heavy atom. The fourth-order valence-corrected chi connectivity index (χ4v) is 8.84. The van der Waals surface area contributed by atoms with Gasteiger partial charge >= 0.3 is 0 Å². The first-order valence-corrected chi connectivity index (χ1v) is 19.1. The maximum atomic E-state index is 6.50. The number of benzene rings is 8. The third-order valence-electron chi connectivity index (χ3n) is 10.4. The van der Waals surface area contributed by atoms with Crippen LogP contribution in [0.2, 0.25) is 0 Å². The van der Waals surface area contributed by atoms with Crippen LogP contribution in [0, 0.1) is 0 Å². The molecule has 258 valence electrons. The molecule has 0 spiro atoms. The van der Waals surface area contributed by atoms with Crippen LogP contribution in [0.3, 0.4) is 0 Å². The van der Waals surface area contributed by atoms with E-state index in [0.717, 1.165) is 61.4 Å². The molecule has 0 saturated carbocycles. The highest BCUT2D eigenvalue weighted by atomic mass is 32.1. The van der Waals surface area contributed by atoms with Crippen molar-refractivity contribution in [2.75, 3.05) is 4.90 Å². The van der Waals surface area contributed by atoms with Gasteiger partial charge in [0.05, 0.1) is 5.39 Å². The quantitative estimate of drug-likeness (QED) is 0.171. The van der Waals surface area contributed by atoms with E-state index < -0.39 is 0 Å². The van der Waals surface area contributed by atoms with Gasteiger partial charge < -0.3 is 14.1 Å². The fraction of sp³-hybridized carbons (Fsp3) is 0. The molecule has 10 aromatic rings. The first-order valence-electron chi connectivity index (χ1n) is 18.3. The second-order valence-corrected chi connectivity index (χ2v) is 14.8. The van der Waals surface area contributed by atoms with Gasteiger partial charge in [-0.2, -0.15) is 4.99 Å². The zero-order valence-corrected chi connectivity index (χ0v) is 30.3. The van der Waals surface area contributed by atoms with Crippen LogP contribution < -0.4 is 9.64 Å². The summed E-state index contributed by atoms with van der Waals surface area (Å²) < 4.78 is 15.4. The molecular weight excluding hydrogens is 693 g/mol. The van der Waals surface area contributed by atoms with Crippen LogP contribution in [-0.4, -0.2) is 5.87 Å². The Hall–Kier alpha value is -7.17. The summed E-state index contributed by atoms with van der Waals surface area (Å²) in [5.74, 6) is 4.36. The summed E-state index contributed by atoms with van der Waals surface area (Å²) >= 11 is 1.84. The number of fused-ring (bicyclic) bond motifs is 8. The highest BCUT2D eigenvalue weighted by Crippen LogP contribution is 2.46. The van der Waals surface area contributed by atoms with Gasteiger partial charge in [0.2, 0.25) is 0 Å². The minimum absolute atomic E-state index is 0.590. The first-order chi connectivity index (χ1) is 27.2. The van der Waals surface area contributed by atoms with Gasteiger partial charge in [-0.3, -0.25) is 0 Å². The van der Waals surface area contributed by atoms with E-state index in [-0.39, 0.29) is 0 Å². The summed E-state index contributed by atoms with van der Waals surface area (Å²) in [4.78, 5) is 6.99. The number of ether oxygens (including phenoxy) is 1. The van der Waals surface area contributed by atoms with Crippen molar-refractivity contribution in [2.24, 2.45) is 4.99 Å². The SMILES string of the molecule is C1=Nc2ccc3oc4ccc(-c5ccc(N(c6cccc(-c7ccccc7)c6)c6ccc7c(c6)sc6ccccc67)cc5)cc4c3c2OC=1c1ccccc1. The molecule has 0 unspecified atom stereocenters. The van der Waals surface area contributed by atoms with E-state index in [1.807, 2.05) is 59.9 Å². The summed E-state index contributed by atoms with van der Waals surface area (Å²) in [7, 11) is 0. The summed E-state index contributed by atoms with van der Waals surface area (Å²) in [6.07, 6.45) is 0. The standard InChI is InChI=1S/C50H30N2O2S/c1-3-10-32(11-4-1)35-14-9-15-38(28-35)52(39-23-24-41-40-16-7-8-17-47(40)55-48(41)30-39)37-21-18-33(19-22-37)36-20-26-44-42(29-36)49-45(53-44)27-25-43-50(49)54-46(31-51-43)34-12-5-2-6-13-34/h1-30H. The molecule has 0 fully saturated rings. The van der Waals surface area contributed by atoms with Crippen LogP contribution >= 0.6 is 11.3 Å². The van der Waals surface area contributed by atoms with E-state index in [1.165, 1.54) is 31.3 Å². The Bertz CT molecular complexity index is 3150. The van der Waals surface area contributed by atoms with Gasteiger partial charge in [0.15, 0.2) is 11.5 Å². The first kappa shape index (κ1) is 31.4. The predicted molar refractivity (Wildman–Crippen MR) is 230 cm³/mol. The Kier molecular flexibility index (Phi) is 7.27. The summed E-state index contributed by atoms with van der Waals surface area (Å²) in [5, 5.41) is 4.47. The molecule has 0 atom stereocenters. The molecular formula is C50H30N2O2S. The van der Waals surface area contributed by atoms with E-state index in [9.17, 15) is 0 Å². The van der Waals surface area contributed by atoms with Crippen LogP contribution in [0.1, 0.15) is 5.56 Å². The van der Waals surface area contributed by atoms with Gasteiger partial charge in [0.1, 0.15) is 16.9 Å². The van der Waals surface area contributed by atoms with Gasteiger partial charge in [-0.05, 0) is 89.0 Å². The van der Waals surface area contributed by atoms with Gasteiger partial charge in [-0.1, -0.05) is 115 Å². The lowest BCUT2D eigenvalue weighted by atomic mass is 10.0. The van der Waals surface area contributed by atoms with Crippen molar-refractivity contribution in [3.05, 3.63) is 188 Å². The average molecular weight is 723 g/mol. The van der Waals surface area contributed by atoms with Crippen molar-refractivity contribution >= 4 is 87.8 Å². The highest BCUT2D eigenvalue weighted by molar-refractivity contribution is 7.25. The smallest absolute Gasteiger partial charge is 0.195 e. The maximum absolute atomic E-state index is 6.50. The summed E-state index contributed by atoms with van der Waals surface area (Å²) in [6, 6.07) is 63.9. The van der Waals surface area contributed by atoms with Gasteiger partial charge in [-0.15, -0.1) is 11.3 Å². The number of nitrogens with zero attached hydrogens (tertiary/aromatic N) is 2. The Morgan fingerprint density at radius 1 is 0.455 bits per heavy atom. The van der Waals surface area contributed by atoms with E-state index in [2.05, 4.69) is 149 Å². The van der Waals surface area contributed by atoms with Crippen molar-refractivity contribution in [1.29, 1.82) is 0 Å².